The van der Waals surface area contributed by atoms with E-state index in [-0.39, 0.29) is 24.3 Å². The number of rotatable bonds is 5. The highest BCUT2D eigenvalue weighted by Crippen LogP contribution is 2.14. The average molecular weight is 290 g/mol. The molecule has 0 saturated carbocycles. The normalized spacial score (nSPS) is 17.5. The number of ether oxygens (including phenoxy) is 1. The number of hydrogen-bond donors (Lipinski definition) is 2. The Bertz CT molecular complexity index is 522. The first kappa shape index (κ1) is 15.5. The van der Waals surface area contributed by atoms with Gasteiger partial charge in [-0.15, -0.1) is 0 Å². The van der Waals surface area contributed by atoms with Crippen LogP contribution in [0.5, 0.6) is 0 Å². The van der Waals surface area contributed by atoms with Crippen LogP contribution in [0.3, 0.4) is 0 Å². The Labute approximate surface area is 125 Å². The topological polar surface area (TPSA) is 67.4 Å². The number of hydrogen-bond acceptors (Lipinski definition) is 3. The van der Waals surface area contributed by atoms with Crippen molar-refractivity contribution >= 4 is 17.5 Å². The minimum absolute atomic E-state index is 0.0942. The zero-order valence-corrected chi connectivity index (χ0v) is 12.6. The highest BCUT2D eigenvalue weighted by Gasteiger charge is 2.17. The first-order valence-electron chi connectivity index (χ1n) is 7.30. The summed E-state index contributed by atoms with van der Waals surface area (Å²) in [7, 11) is 0. The summed E-state index contributed by atoms with van der Waals surface area (Å²) >= 11 is 0. The van der Waals surface area contributed by atoms with Gasteiger partial charge in [-0.25, -0.2) is 0 Å². The maximum absolute atomic E-state index is 11.8. The molecule has 2 N–H and O–H groups in total. The van der Waals surface area contributed by atoms with Crippen LogP contribution in [0.4, 0.5) is 5.69 Å². The van der Waals surface area contributed by atoms with E-state index < -0.39 is 0 Å². The first-order chi connectivity index (χ1) is 10.0. The standard InChI is InChI=1S/C16H22N2O3/c1-11-5-6-13(8-12(11)2)18-16(20)9-15(19)17-10-14-4-3-7-21-14/h5-6,8,14H,3-4,7,9-10H2,1-2H3,(H,17,19)(H,18,20). The monoisotopic (exact) mass is 290 g/mol. The molecule has 1 aliphatic rings. The molecule has 0 aromatic heterocycles. The molecule has 2 rings (SSSR count). The lowest BCUT2D eigenvalue weighted by Crippen LogP contribution is -2.34. The molecule has 1 aliphatic heterocycles. The lowest BCUT2D eigenvalue weighted by Gasteiger charge is -2.11. The molecule has 5 heteroatoms. The van der Waals surface area contributed by atoms with Crippen LogP contribution in [-0.4, -0.2) is 31.1 Å². The van der Waals surface area contributed by atoms with Crippen molar-refractivity contribution in [2.45, 2.75) is 39.2 Å². The van der Waals surface area contributed by atoms with E-state index in [0.717, 1.165) is 30.7 Å². The predicted octanol–water partition coefficient (Wildman–Crippen LogP) is 1.93. The molecule has 1 atom stereocenters. The number of benzene rings is 1. The fraction of sp³-hybridized carbons (Fsp3) is 0.500. The SMILES string of the molecule is Cc1ccc(NC(=O)CC(=O)NCC2CCCO2)cc1C. The molecule has 1 aromatic rings. The third-order valence-electron chi connectivity index (χ3n) is 3.66. The molecule has 1 unspecified atom stereocenters. The van der Waals surface area contributed by atoms with E-state index in [2.05, 4.69) is 10.6 Å². The molecule has 0 aliphatic carbocycles. The van der Waals surface area contributed by atoms with Gasteiger partial charge in [0.1, 0.15) is 6.42 Å². The maximum Gasteiger partial charge on any atom is 0.233 e. The van der Waals surface area contributed by atoms with Gasteiger partial charge in [-0.2, -0.15) is 0 Å². The number of amides is 2. The summed E-state index contributed by atoms with van der Waals surface area (Å²) in [5.74, 6) is -0.574. The van der Waals surface area contributed by atoms with Crippen molar-refractivity contribution in [3.05, 3.63) is 29.3 Å². The van der Waals surface area contributed by atoms with Gasteiger partial charge in [0.2, 0.25) is 11.8 Å². The second kappa shape index (κ2) is 7.22. The molecule has 1 heterocycles. The van der Waals surface area contributed by atoms with E-state index in [4.69, 9.17) is 4.74 Å². The molecule has 2 amide bonds. The average Bonchev–Trinajstić information content (AvgIpc) is 2.94. The van der Waals surface area contributed by atoms with E-state index in [1.54, 1.807) is 0 Å². The van der Waals surface area contributed by atoms with E-state index in [1.165, 1.54) is 5.56 Å². The molecule has 5 nitrogen and oxygen atoms in total. The van der Waals surface area contributed by atoms with Crippen LogP contribution in [0.15, 0.2) is 18.2 Å². The predicted molar refractivity (Wildman–Crippen MR) is 81.1 cm³/mol. The molecular formula is C16H22N2O3. The summed E-state index contributed by atoms with van der Waals surface area (Å²) in [6.45, 7) is 5.24. The summed E-state index contributed by atoms with van der Waals surface area (Å²) in [4.78, 5) is 23.5. The van der Waals surface area contributed by atoms with Crippen molar-refractivity contribution in [2.75, 3.05) is 18.5 Å². The molecule has 0 bridgehead atoms. The molecule has 1 aromatic carbocycles. The number of nitrogens with one attached hydrogen (secondary N) is 2. The zero-order chi connectivity index (χ0) is 15.2. The fourth-order valence-electron chi connectivity index (χ4n) is 2.27. The van der Waals surface area contributed by atoms with E-state index in [9.17, 15) is 9.59 Å². The van der Waals surface area contributed by atoms with Gasteiger partial charge in [0, 0.05) is 18.8 Å². The van der Waals surface area contributed by atoms with Gasteiger partial charge in [0.25, 0.3) is 0 Å². The van der Waals surface area contributed by atoms with Crippen molar-refractivity contribution in [1.29, 1.82) is 0 Å². The lowest BCUT2D eigenvalue weighted by molar-refractivity contribution is -0.127. The minimum atomic E-state index is -0.303. The van der Waals surface area contributed by atoms with Gasteiger partial charge < -0.3 is 15.4 Å². The van der Waals surface area contributed by atoms with Crippen LogP contribution >= 0.6 is 0 Å². The Morgan fingerprint density at radius 1 is 1.24 bits per heavy atom. The van der Waals surface area contributed by atoms with Crippen LogP contribution in [0.25, 0.3) is 0 Å². The summed E-state index contributed by atoms with van der Waals surface area (Å²) in [5, 5.41) is 5.47. The maximum atomic E-state index is 11.8. The molecule has 0 spiro atoms. The molecule has 1 saturated heterocycles. The smallest absolute Gasteiger partial charge is 0.233 e. The van der Waals surface area contributed by atoms with E-state index in [1.807, 2.05) is 32.0 Å². The van der Waals surface area contributed by atoms with Gasteiger partial charge in [-0.05, 0) is 49.9 Å². The Morgan fingerprint density at radius 3 is 2.71 bits per heavy atom. The van der Waals surface area contributed by atoms with Crippen molar-refractivity contribution < 1.29 is 14.3 Å². The van der Waals surface area contributed by atoms with Crippen LogP contribution in [0.1, 0.15) is 30.4 Å². The lowest BCUT2D eigenvalue weighted by atomic mass is 10.1. The summed E-state index contributed by atoms with van der Waals surface area (Å²) in [5.41, 5.74) is 2.99. The Balaban J connectivity index is 1.75. The summed E-state index contributed by atoms with van der Waals surface area (Å²) in [6, 6.07) is 5.68. The van der Waals surface area contributed by atoms with Gasteiger partial charge in [-0.3, -0.25) is 9.59 Å². The first-order valence-corrected chi connectivity index (χ1v) is 7.30. The second-order valence-corrected chi connectivity index (χ2v) is 5.46. The molecular weight excluding hydrogens is 268 g/mol. The van der Waals surface area contributed by atoms with Gasteiger partial charge in [-0.1, -0.05) is 6.07 Å². The quantitative estimate of drug-likeness (QED) is 0.814. The van der Waals surface area contributed by atoms with Crippen LogP contribution in [-0.2, 0) is 14.3 Å². The van der Waals surface area contributed by atoms with Crippen LogP contribution < -0.4 is 10.6 Å². The fourth-order valence-corrected chi connectivity index (χ4v) is 2.27. The van der Waals surface area contributed by atoms with Gasteiger partial charge in [0.05, 0.1) is 6.10 Å². The third-order valence-corrected chi connectivity index (χ3v) is 3.66. The minimum Gasteiger partial charge on any atom is -0.376 e. The second-order valence-electron chi connectivity index (χ2n) is 5.46. The number of aryl methyl sites for hydroxylation is 2. The van der Waals surface area contributed by atoms with Crippen LogP contribution in [0.2, 0.25) is 0 Å². The highest BCUT2D eigenvalue weighted by atomic mass is 16.5. The summed E-state index contributed by atoms with van der Waals surface area (Å²) in [6.07, 6.45) is 1.93. The largest absolute Gasteiger partial charge is 0.376 e. The molecule has 21 heavy (non-hydrogen) atoms. The Hall–Kier alpha value is -1.88. The van der Waals surface area contributed by atoms with Gasteiger partial charge in [0.15, 0.2) is 0 Å². The van der Waals surface area contributed by atoms with Crippen molar-refractivity contribution in [2.24, 2.45) is 0 Å². The Morgan fingerprint density at radius 2 is 2.05 bits per heavy atom. The molecule has 0 radical (unpaired) electrons. The van der Waals surface area contributed by atoms with Crippen LogP contribution in [0, 0.1) is 13.8 Å². The number of carbonyl (C=O) groups is 2. The van der Waals surface area contributed by atoms with Crippen molar-refractivity contribution in [1.82, 2.24) is 5.32 Å². The number of carbonyl (C=O) groups excluding carboxylic acids is 2. The zero-order valence-electron chi connectivity index (χ0n) is 12.6. The Kier molecular flexibility index (Phi) is 5.33. The van der Waals surface area contributed by atoms with E-state index in [0.29, 0.717) is 6.54 Å². The highest BCUT2D eigenvalue weighted by molar-refractivity contribution is 6.03. The number of anilines is 1. The summed E-state index contributed by atoms with van der Waals surface area (Å²) < 4.78 is 5.41. The van der Waals surface area contributed by atoms with Crippen molar-refractivity contribution in [3.8, 4) is 0 Å². The van der Waals surface area contributed by atoms with Gasteiger partial charge >= 0.3 is 0 Å². The molecule has 114 valence electrons. The van der Waals surface area contributed by atoms with E-state index >= 15 is 0 Å². The van der Waals surface area contributed by atoms with Crippen molar-refractivity contribution in [3.63, 3.8) is 0 Å². The molecule has 1 fully saturated rings. The third kappa shape index (κ3) is 4.86.